The minimum Gasteiger partial charge on any atom is -0.370 e. The Morgan fingerprint density at radius 2 is 1.81 bits per heavy atom. The zero-order chi connectivity index (χ0) is 15.4. The molecule has 0 fully saturated rings. The molecule has 6 heteroatoms. The van der Waals surface area contributed by atoms with Gasteiger partial charge in [0.25, 0.3) is 0 Å². The molecule has 4 nitrogen and oxygen atoms in total. The first kappa shape index (κ1) is 15.9. The van der Waals surface area contributed by atoms with Crippen LogP contribution in [0.1, 0.15) is 32.3 Å². The van der Waals surface area contributed by atoms with Gasteiger partial charge in [-0.05, 0) is 31.0 Å². The highest BCUT2D eigenvalue weighted by Crippen LogP contribution is 2.32. The van der Waals surface area contributed by atoms with E-state index in [0.717, 1.165) is 29.4 Å². The molecule has 2 aromatic rings. The van der Waals surface area contributed by atoms with Gasteiger partial charge in [-0.1, -0.05) is 37.0 Å². The third-order valence-corrected chi connectivity index (χ3v) is 3.73. The van der Waals surface area contributed by atoms with Crippen LogP contribution in [-0.4, -0.2) is 16.5 Å². The van der Waals surface area contributed by atoms with Crippen molar-refractivity contribution in [3.8, 4) is 0 Å². The molecular weight excluding hydrogens is 307 g/mol. The Bertz CT molecular complexity index is 629. The monoisotopic (exact) mass is 324 g/mol. The number of anilines is 3. The lowest BCUT2D eigenvalue weighted by Gasteiger charge is -2.17. The fourth-order valence-corrected chi connectivity index (χ4v) is 2.36. The lowest BCUT2D eigenvalue weighted by Crippen LogP contribution is -2.09. The van der Waals surface area contributed by atoms with E-state index in [0.29, 0.717) is 10.0 Å². The molecule has 1 heterocycles. The summed E-state index contributed by atoms with van der Waals surface area (Å²) in [5, 5.41) is 7.59. The summed E-state index contributed by atoms with van der Waals surface area (Å²) >= 11 is 12.0. The fraction of sp³-hybridized carbons (Fsp3) is 0.333. The van der Waals surface area contributed by atoms with Crippen LogP contribution in [0, 0.1) is 0 Å². The molecule has 0 saturated carbocycles. The van der Waals surface area contributed by atoms with E-state index in [9.17, 15) is 0 Å². The summed E-state index contributed by atoms with van der Waals surface area (Å²) < 4.78 is 0. The Balaban J connectivity index is 2.38. The molecule has 0 aliphatic rings. The van der Waals surface area contributed by atoms with Gasteiger partial charge in [-0.25, -0.2) is 9.97 Å². The minimum absolute atomic E-state index is 0.283. The molecule has 0 aliphatic carbocycles. The molecule has 0 bridgehead atoms. The number of halogens is 2. The van der Waals surface area contributed by atoms with Crippen molar-refractivity contribution < 1.29 is 0 Å². The van der Waals surface area contributed by atoms with Crippen LogP contribution in [0.15, 0.2) is 24.5 Å². The molecule has 21 heavy (non-hydrogen) atoms. The van der Waals surface area contributed by atoms with Gasteiger partial charge in [-0.3, -0.25) is 0 Å². The van der Waals surface area contributed by atoms with Crippen molar-refractivity contribution in [3.63, 3.8) is 0 Å². The second-order valence-corrected chi connectivity index (χ2v) is 5.74. The Morgan fingerprint density at radius 3 is 2.43 bits per heavy atom. The van der Waals surface area contributed by atoms with Crippen LogP contribution in [-0.2, 0) is 0 Å². The molecule has 0 saturated heterocycles. The third-order valence-electron chi connectivity index (χ3n) is 2.99. The highest BCUT2D eigenvalue weighted by molar-refractivity contribution is 6.42. The number of benzene rings is 1. The molecule has 2 N–H and O–H groups in total. The lowest BCUT2D eigenvalue weighted by atomic mass is 10.0. The summed E-state index contributed by atoms with van der Waals surface area (Å²) in [6, 6.07) is 5.41. The molecule has 1 aromatic carbocycles. The van der Waals surface area contributed by atoms with Gasteiger partial charge in [0.05, 0.1) is 10.0 Å². The molecule has 112 valence electrons. The maximum atomic E-state index is 6.05. The first-order valence-corrected chi connectivity index (χ1v) is 7.59. The molecular formula is C15H18Cl2N4. The van der Waals surface area contributed by atoms with Crippen LogP contribution >= 0.6 is 23.2 Å². The van der Waals surface area contributed by atoms with E-state index < -0.39 is 0 Å². The van der Waals surface area contributed by atoms with Crippen molar-refractivity contribution in [2.24, 2.45) is 0 Å². The summed E-state index contributed by atoms with van der Waals surface area (Å²) in [4.78, 5) is 8.67. The van der Waals surface area contributed by atoms with Crippen molar-refractivity contribution in [2.45, 2.75) is 26.7 Å². The van der Waals surface area contributed by atoms with E-state index in [2.05, 4.69) is 34.4 Å². The van der Waals surface area contributed by atoms with Crippen molar-refractivity contribution in [1.29, 1.82) is 0 Å². The number of nitrogens with zero attached hydrogens (tertiary/aromatic N) is 2. The Hall–Kier alpha value is -1.52. The SMILES string of the molecule is CCNc1ncnc(Nc2ccc(Cl)c(Cl)c2)c1C(C)C. The predicted octanol–water partition coefficient (Wildman–Crippen LogP) is 5.08. The van der Waals surface area contributed by atoms with Crippen LogP contribution in [0.25, 0.3) is 0 Å². The van der Waals surface area contributed by atoms with Crippen LogP contribution in [0.5, 0.6) is 0 Å². The molecule has 0 amide bonds. The first-order chi connectivity index (χ1) is 10.0. The molecule has 2 rings (SSSR count). The van der Waals surface area contributed by atoms with E-state index in [1.165, 1.54) is 0 Å². The van der Waals surface area contributed by atoms with Crippen molar-refractivity contribution in [1.82, 2.24) is 9.97 Å². The number of rotatable bonds is 5. The Labute approximate surface area is 134 Å². The van der Waals surface area contributed by atoms with Gasteiger partial charge in [0, 0.05) is 17.8 Å². The Morgan fingerprint density at radius 1 is 1.10 bits per heavy atom. The maximum absolute atomic E-state index is 6.05. The van der Waals surface area contributed by atoms with Crippen molar-refractivity contribution >= 4 is 40.5 Å². The molecule has 1 aromatic heterocycles. The van der Waals surface area contributed by atoms with Crippen LogP contribution in [0.4, 0.5) is 17.3 Å². The third kappa shape index (κ3) is 3.77. The standard InChI is InChI=1S/C15H18Cl2N4/c1-4-18-14-13(9(2)3)15(20-8-19-14)21-10-5-6-11(16)12(17)7-10/h5-9H,4H2,1-3H3,(H2,18,19,20,21). The average molecular weight is 325 g/mol. The van der Waals surface area contributed by atoms with E-state index in [-0.39, 0.29) is 5.92 Å². The zero-order valence-corrected chi connectivity index (χ0v) is 13.8. The average Bonchev–Trinajstić information content (AvgIpc) is 2.43. The summed E-state index contributed by atoms with van der Waals surface area (Å²) in [6.45, 7) is 7.07. The Kier molecular flexibility index (Phi) is 5.26. The van der Waals surface area contributed by atoms with Crippen LogP contribution < -0.4 is 10.6 Å². The summed E-state index contributed by atoms with van der Waals surface area (Å²) in [5.74, 6) is 1.91. The molecule has 0 spiro atoms. The van der Waals surface area contributed by atoms with Gasteiger partial charge in [0.15, 0.2) is 0 Å². The van der Waals surface area contributed by atoms with Gasteiger partial charge >= 0.3 is 0 Å². The van der Waals surface area contributed by atoms with E-state index in [4.69, 9.17) is 23.2 Å². The lowest BCUT2D eigenvalue weighted by molar-refractivity contribution is 0.849. The molecule has 0 unspecified atom stereocenters. The van der Waals surface area contributed by atoms with Gasteiger partial charge in [-0.15, -0.1) is 0 Å². The second-order valence-electron chi connectivity index (χ2n) is 4.92. The molecule has 0 atom stereocenters. The van der Waals surface area contributed by atoms with E-state index in [1.54, 1.807) is 18.5 Å². The zero-order valence-electron chi connectivity index (χ0n) is 12.2. The minimum atomic E-state index is 0.283. The summed E-state index contributed by atoms with van der Waals surface area (Å²) in [7, 11) is 0. The van der Waals surface area contributed by atoms with Crippen molar-refractivity contribution in [2.75, 3.05) is 17.2 Å². The first-order valence-electron chi connectivity index (χ1n) is 6.83. The van der Waals surface area contributed by atoms with Gasteiger partial charge in [0.2, 0.25) is 0 Å². The topological polar surface area (TPSA) is 49.8 Å². The highest BCUT2D eigenvalue weighted by Gasteiger charge is 2.15. The smallest absolute Gasteiger partial charge is 0.139 e. The highest BCUT2D eigenvalue weighted by atomic mass is 35.5. The van der Waals surface area contributed by atoms with E-state index in [1.807, 2.05) is 13.0 Å². The van der Waals surface area contributed by atoms with E-state index >= 15 is 0 Å². The summed E-state index contributed by atoms with van der Waals surface area (Å²) in [6.07, 6.45) is 1.55. The van der Waals surface area contributed by atoms with Gasteiger partial charge in [-0.2, -0.15) is 0 Å². The van der Waals surface area contributed by atoms with Crippen LogP contribution in [0.3, 0.4) is 0 Å². The fourth-order valence-electron chi connectivity index (χ4n) is 2.06. The van der Waals surface area contributed by atoms with Crippen molar-refractivity contribution in [3.05, 3.63) is 40.1 Å². The number of hydrogen-bond donors (Lipinski definition) is 2. The van der Waals surface area contributed by atoms with Gasteiger partial charge < -0.3 is 10.6 Å². The predicted molar refractivity (Wildman–Crippen MR) is 90.0 cm³/mol. The second kappa shape index (κ2) is 6.96. The molecule has 0 aliphatic heterocycles. The quantitative estimate of drug-likeness (QED) is 0.804. The molecule has 0 radical (unpaired) electrons. The number of nitrogens with one attached hydrogen (secondary N) is 2. The maximum Gasteiger partial charge on any atom is 0.139 e. The normalized spacial score (nSPS) is 10.8. The van der Waals surface area contributed by atoms with Crippen LogP contribution in [0.2, 0.25) is 10.0 Å². The summed E-state index contributed by atoms with van der Waals surface area (Å²) in [5.41, 5.74) is 1.89. The van der Waals surface area contributed by atoms with Gasteiger partial charge in [0.1, 0.15) is 18.0 Å². The number of aromatic nitrogens is 2. The number of hydrogen-bond acceptors (Lipinski definition) is 4. The largest absolute Gasteiger partial charge is 0.370 e.